The molecule has 7 heteroatoms. The number of thiazole rings is 1. The van der Waals surface area contributed by atoms with Crippen LogP contribution in [0.4, 0.5) is 0 Å². The van der Waals surface area contributed by atoms with Crippen molar-refractivity contribution in [3.63, 3.8) is 0 Å². The van der Waals surface area contributed by atoms with Crippen molar-refractivity contribution in [2.24, 2.45) is 0 Å². The molecule has 2 aromatic carbocycles. The number of nitrogens with zero attached hydrogens (tertiary/aromatic N) is 2. The topological polar surface area (TPSA) is 104 Å². The number of carbonyl (C=O) groups is 1. The lowest BCUT2D eigenvalue weighted by molar-refractivity contribution is 0.0696. The SMILES string of the molecule is N#CC(=Cc1ccccc1C(=O)O)c1nc(-c2cc3ccccc3oc2=O)cs1. The summed E-state index contributed by atoms with van der Waals surface area (Å²) in [6.45, 7) is 0. The van der Waals surface area contributed by atoms with Crippen molar-refractivity contribution in [1.82, 2.24) is 4.98 Å². The second kappa shape index (κ2) is 7.54. The molecule has 0 aliphatic heterocycles. The number of aromatic nitrogens is 1. The van der Waals surface area contributed by atoms with Gasteiger partial charge in [0.2, 0.25) is 0 Å². The summed E-state index contributed by atoms with van der Waals surface area (Å²) in [5.41, 5.74) is 1.37. The van der Waals surface area contributed by atoms with Crippen LogP contribution in [0.25, 0.3) is 33.9 Å². The summed E-state index contributed by atoms with van der Waals surface area (Å²) >= 11 is 1.19. The molecule has 0 spiro atoms. The van der Waals surface area contributed by atoms with Gasteiger partial charge in [0, 0.05) is 10.8 Å². The average Bonchev–Trinajstić information content (AvgIpc) is 3.21. The van der Waals surface area contributed by atoms with Crippen LogP contribution in [-0.4, -0.2) is 16.1 Å². The molecule has 2 aromatic heterocycles. The first-order valence-electron chi connectivity index (χ1n) is 8.50. The zero-order valence-electron chi connectivity index (χ0n) is 14.8. The first kappa shape index (κ1) is 18.3. The molecule has 0 aliphatic carbocycles. The van der Waals surface area contributed by atoms with Gasteiger partial charge in [0.25, 0.3) is 0 Å². The monoisotopic (exact) mass is 400 g/mol. The Balaban J connectivity index is 1.77. The largest absolute Gasteiger partial charge is 0.478 e. The Kier molecular flexibility index (Phi) is 4.77. The van der Waals surface area contributed by atoms with Gasteiger partial charge < -0.3 is 9.52 Å². The van der Waals surface area contributed by atoms with Gasteiger partial charge in [0.05, 0.1) is 22.4 Å². The molecule has 0 aliphatic rings. The maximum Gasteiger partial charge on any atom is 0.345 e. The third-order valence-electron chi connectivity index (χ3n) is 4.26. The van der Waals surface area contributed by atoms with Crippen LogP contribution in [0.2, 0.25) is 0 Å². The van der Waals surface area contributed by atoms with E-state index >= 15 is 0 Å². The van der Waals surface area contributed by atoms with Crippen molar-refractivity contribution in [3.8, 4) is 17.3 Å². The predicted molar refractivity (Wildman–Crippen MR) is 110 cm³/mol. The molecule has 0 radical (unpaired) electrons. The second-order valence-electron chi connectivity index (χ2n) is 6.09. The molecule has 4 rings (SSSR count). The summed E-state index contributed by atoms with van der Waals surface area (Å²) < 4.78 is 5.35. The van der Waals surface area contributed by atoms with E-state index in [-0.39, 0.29) is 11.1 Å². The third-order valence-corrected chi connectivity index (χ3v) is 5.14. The Bertz CT molecular complexity index is 1380. The van der Waals surface area contributed by atoms with E-state index in [1.807, 2.05) is 12.1 Å². The molecule has 1 N–H and O–H groups in total. The van der Waals surface area contributed by atoms with Gasteiger partial charge in [-0.25, -0.2) is 14.6 Å². The zero-order valence-corrected chi connectivity index (χ0v) is 15.6. The van der Waals surface area contributed by atoms with Gasteiger partial charge in [0.1, 0.15) is 16.7 Å². The fourth-order valence-electron chi connectivity index (χ4n) is 2.88. The highest BCUT2D eigenvalue weighted by molar-refractivity contribution is 7.11. The molecule has 0 atom stereocenters. The maximum absolute atomic E-state index is 12.3. The van der Waals surface area contributed by atoms with Gasteiger partial charge in [-0.15, -0.1) is 11.3 Å². The molecule has 4 aromatic rings. The van der Waals surface area contributed by atoms with Crippen LogP contribution in [0, 0.1) is 11.3 Å². The van der Waals surface area contributed by atoms with Gasteiger partial charge >= 0.3 is 11.6 Å². The van der Waals surface area contributed by atoms with E-state index < -0.39 is 11.6 Å². The van der Waals surface area contributed by atoms with Gasteiger partial charge in [-0.3, -0.25) is 0 Å². The summed E-state index contributed by atoms with van der Waals surface area (Å²) in [6, 6.07) is 17.3. The van der Waals surface area contributed by atoms with Crippen molar-refractivity contribution in [2.45, 2.75) is 0 Å². The lowest BCUT2D eigenvalue weighted by Gasteiger charge is -2.01. The molecule has 0 amide bonds. The summed E-state index contributed by atoms with van der Waals surface area (Å²) in [4.78, 5) is 28.1. The van der Waals surface area contributed by atoms with E-state index in [1.165, 1.54) is 23.5 Å². The molecule has 0 bridgehead atoms. The highest BCUT2D eigenvalue weighted by Crippen LogP contribution is 2.28. The van der Waals surface area contributed by atoms with Gasteiger partial charge in [0.15, 0.2) is 0 Å². The number of carboxylic acid groups (broad SMARTS) is 1. The standard InChI is InChI=1S/C22H12N2O4S/c23-11-15(9-13-5-1-3-7-16(13)21(25)26)20-24-18(12-29-20)17-10-14-6-2-4-8-19(14)28-22(17)27/h1-10,12H,(H,25,26). The number of aromatic carboxylic acids is 1. The number of carboxylic acids is 1. The number of hydrogen-bond acceptors (Lipinski definition) is 6. The van der Waals surface area contributed by atoms with E-state index in [2.05, 4.69) is 11.1 Å². The Morgan fingerprint density at radius 2 is 1.93 bits per heavy atom. The molecule has 0 fully saturated rings. The smallest absolute Gasteiger partial charge is 0.345 e. The molecule has 6 nitrogen and oxygen atoms in total. The normalized spacial score (nSPS) is 11.3. The number of allylic oxidation sites excluding steroid dienone is 1. The summed E-state index contributed by atoms with van der Waals surface area (Å²) in [7, 11) is 0. The zero-order chi connectivity index (χ0) is 20.4. The number of para-hydroxylation sites is 1. The first-order chi connectivity index (χ1) is 14.1. The van der Waals surface area contributed by atoms with Crippen molar-refractivity contribution in [3.05, 3.63) is 86.5 Å². The first-order valence-corrected chi connectivity index (χ1v) is 9.38. The Morgan fingerprint density at radius 3 is 2.72 bits per heavy atom. The fraction of sp³-hybridized carbons (Fsp3) is 0. The van der Waals surface area contributed by atoms with Crippen LogP contribution >= 0.6 is 11.3 Å². The van der Waals surface area contributed by atoms with E-state index in [9.17, 15) is 20.0 Å². The minimum atomic E-state index is -1.08. The molecule has 0 saturated carbocycles. The van der Waals surface area contributed by atoms with Gasteiger partial charge in [-0.1, -0.05) is 36.4 Å². The minimum Gasteiger partial charge on any atom is -0.478 e. The third kappa shape index (κ3) is 3.57. The average molecular weight is 400 g/mol. The van der Waals surface area contributed by atoms with Crippen LogP contribution in [-0.2, 0) is 0 Å². The molecular formula is C22H12N2O4S. The minimum absolute atomic E-state index is 0.0900. The Hall–Kier alpha value is -4.02. The number of hydrogen-bond donors (Lipinski definition) is 1. The van der Waals surface area contributed by atoms with Crippen LogP contribution in [0.3, 0.4) is 0 Å². The lowest BCUT2D eigenvalue weighted by atomic mass is 10.1. The van der Waals surface area contributed by atoms with Gasteiger partial charge in [-0.2, -0.15) is 5.26 Å². The van der Waals surface area contributed by atoms with Crippen LogP contribution in [0.1, 0.15) is 20.9 Å². The molecular weight excluding hydrogens is 388 g/mol. The lowest BCUT2D eigenvalue weighted by Crippen LogP contribution is -2.02. The van der Waals surface area contributed by atoms with Crippen molar-refractivity contribution in [2.75, 3.05) is 0 Å². The second-order valence-corrected chi connectivity index (χ2v) is 6.94. The van der Waals surface area contributed by atoms with E-state index in [4.69, 9.17) is 4.42 Å². The molecule has 29 heavy (non-hydrogen) atoms. The number of benzene rings is 2. The number of nitriles is 1. The van der Waals surface area contributed by atoms with E-state index in [0.717, 1.165) is 5.39 Å². The van der Waals surface area contributed by atoms with Crippen LogP contribution < -0.4 is 5.63 Å². The summed E-state index contributed by atoms with van der Waals surface area (Å²) in [6.07, 6.45) is 1.48. The van der Waals surface area contributed by atoms with E-state index in [1.54, 1.807) is 41.8 Å². The van der Waals surface area contributed by atoms with E-state index in [0.29, 0.717) is 27.4 Å². The molecule has 2 heterocycles. The molecule has 0 unspecified atom stereocenters. The summed E-state index contributed by atoms with van der Waals surface area (Å²) in [5.74, 6) is -1.08. The van der Waals surface area contributed by atoms with Crippen molar-refractivity contribution in [1.29, 1.82) is 5.26 Å². The Labute approximate surface area is 168 Å². The van der Waals surface area contributed by atoms with Crippen molar-refractivity contribution >= 4 is 39.9 Å². The Morgan fingerprint density at radius 1 is 1.17 bits per heavy atom. The van der Waals surface area contributed by atoms with Crippen LogP contribution in [0.5, 0.6) is 0 Å². The number of fused-ring (bicyclic) bond motifs is 1. The maximum atomic E-state index is 12.3. The quantitative estimate of drug-likeness (QED) is 0.394. The molecule has 0 saturated heterocycles. The van der Waals surface area contributed by atoms with Crippen molar-refractivity contribution < 1.29 is 14.3 Å². The summed E-state index contributed by atoms with van der Waals surface area (Å²) in [5, 5.41) is 21.7. The predicted octanol–water partition coefficient (Wildman–Crippen LogP) is 4.68. The fourth-order valence-corrected chi connectivity index (χ4v) is 3.66. The van der Waals surface area contributed by atoms with Crippen LogP contribution in [0.15, 0.2) is 69.2 Å². The highest BCUT2D eigenvalue weighted by Gasteiger charge is 2.15. The number of rotatable bonds is 4. The molecule has 140 valence electrons. The highest BCUT2D eigenvalue weighted by atomic mass is 32.1. The van der Waals surface area contributed by atoms with Gasteiger partial charge in [-0.05, 0) is 29.8 Å².